The van der Waals surface area contributed by atoms with Gasteiger partial charge in [0.05, 0.1) is 45.6 Å². The predicted octanol–water partition coefficient (Wildman–Crippen LogP) is 16.6. The highest BCUT2D eigenvalue weighted by Gasteiger charge is 2.36. The van der Waals surface area contributed by atoms with Crippen molar-refractivity contribution in [1.29, 1.82) is 0 Å². The first kappa shape index (κ1) is 39.8. The molecule has 10 rings (SSSR count). The summed E-state index contributed by atoms with van der Waals surface area (Å²) in [6.45, 7) is 23.5. The summed E-state index contributed by atoms with van der Waals surface area (Å²) in [4.78, 5) is 4.34. The van der Waals surface area contributed by atoms with Crippen molar-refractivity contribution in [2.75, 3.05) is 0 Å². The number of rotatable bonds is 5. The zero-order valence-electron chi connectivity index (χ0n) is 36.3. The molecule has 308 valence electrons. The molecule has 0 amide bonds. The lowest BCUT2D eigenvalue weighted by atomic mass is 9.92. The molecule has 0 saturated heterocycles. The van der Waals surface area contributed by atoms with Crippen LogP contribution in [0.3, 0.4) is 0 Å². The van der Waals surface area contributed by atoms with Crippen LogP contribution in [0.4, 0.5) is 18.9 Å². The van der Waals surface area contributed by atoms with Crippen LogP contribution in [0, 0.1) is 55.0 Å². The molecular formula is C57H44F3N3. The molecular weight excluding hydrogens is 784 g/mol. The van der Waals surface area contributed by atoms with E-state index >= 15 is 13.2 Å². The third kappa shape index (κ3) is 6.25. The summed E-state index contributed by atoms with van der Waals surface area (Å²) < 4.78 is 49.7. The monoisotopic (exact) mass is 827 g/mol. The standard InChI is InChI=1S/C57H44F3N3/c1-32-26-35(4)52(36(5)27-32)39-20-23-49-44(30-39)41-15-9-11-18-47(41)62(49)51-25-22-43(54-34(3)14-13-17-46(54)57(58,59)60)56(55(51)61-8)63-48-19-12-10-16-42(48)45-31-40(21-24-50(45)63)53-37(6)28-33(2)29-38(53)7/h9-31H,1-7H3. The molecule has 2 aromatic heterocycles. The highest BCUT2D eigenvalue weighted by molar-refractivity contribution is 6.14. The number of fused-ring (bicyclic) bond motifs is 6. The number of benzene rings is 8. The van der Waals surface area contributed by atoms with E-state index in [0.717, 1.165) is 66.4 Å². The molecule has 6 heteroatoms. The van der Waals surface area contributed by atoms with Gasteiger partial charge in [0.1, 0.15) is 0 Å². The Kier molecular flexibility index (Phi) is 9.24. The van der Waals surface area contributed by atoms with E-state index in [2.05, 4.69) is 130 Å². The predicted molar refractivity (Wildman–Crippen MR) is 256 cm³/mol. The molecule has 0 N–H and O–H groups in total. The second-order valence-corrected chi connectivity index (χ2v) is 17.2. The summed E-state index contributed by atoms with van der Waals surface area (Å²) in [5, 5.41) is 3.92. The smallest absolute Gasteiger partial charge is 0.319 e. The molecule has 0 unspecified atom stereocenters. The van der Waals surface area contributed by atoms with Crippen LogP contribution in [-0.4, -0.2) is 9.13 Å². The third-order valence-corrected chi connectivity index (χ3v) is 12.8. The highest BCUT2D eigenvalue weighted by Crippen LogP contribution is 2.49. The van der Waals surface area contributed by atoms with Gasteiger partial charge >= 0.3 is 6.18 Å². The number of halogens is 3. The van der Waals surface area contributed by atoms with Crippen LogP contribution in [0.1, 0.15) is 44.5 Å². The molecule has 2 heterocycles. The van der Waals surface area contributed by atoms with Gasteiger partial charge in [0, 0.05) is 21.5 Å². The van der Waals surface area contributed by atoms with E-state index in [1.54, 1.807) is 19.1 Å². The van der Waals surface area contributed by atoms with Crippen LogP contribution in [0.2, 0.25) is 0 Å². The summed E-state index contributed by atoms with van der Waals surface area (Å²) in [5.41, 5.74) is 16.4. The van der Waals surface area contributed by atoms with Gasteiger partial charge in [-0.2, -0.15) is 13.2 Å². The molecule has 0 fully saturated rings. The van der Waals surface area contributed by atoms with Crippen molar-refractivity contribution in [3.05, 3.63) is 195 Å². The maximum atomic E-state index is 15.2. The second kappa shape index (κ2) is 14.6. The van der Waals surface area contributed by atoms with E-state index in [9.17, 15) is 0 Å². The van der Waals surface area contributed by atoms with Crippen LogP contribution in [-0.2, 0) is 6.18 Å². The fraction of sp³-hybridized carbons (Fsp3) is 0.140. The van der Waals surface area contributed by atoms with E-state index in [1.165, 1.54) is 45.0 Å². The highest BCUT2D eigenvalue weighted by atomic mass is 19.4. The molecule has 0 spiro atoms. The molecule has 3 nitrogen and oxygen atoms in total. The molecule has 0 aliphatic rings. The minimum absolute atomic E-state index is 0.0561. The van der Waals surface area contributed by atoms with Crippen molar-refractivity contribution in [3.8, 4) is 44.8 Å². The van der Waals surface area contributed by atoms with E-state index in [4.69, 9.17) is 6.57 Å². The van der Waals surface area contributed by atoms with Gasteiger partial charge in [-0.15, -0.1) is 0 Å². The lowest BCUT2D eigenvalue weighted by molar-refractivity contribution is -0.137. The summed E-state index contributed by atoms with van der Waals surface area (Å²) in [7, 11) is 0. The Hall–Kier alpha value is -7.36. The molecule has 0 saturated carbocycles. The van der Waals surface area contributed by atoms with Gasteiger partial charge in [-0.3, -0.25) is 0 Å². The zero-order valence-corrected chi connectivity index (χ0v) is 36.3. The fourth-order valence-electron chi connectivity index (χ4n) is 10.6. The van der Waals surface area contributed by atoms with Crippen molar-refractivity contribution in [2.45, 2.75) is 54.6 Å². The number of hydrogen-bond donors (Lipinski definition) is 0. The Morgan fingerprint density at radius 3 is 1.43 bits per heavy atom. The minimum Gasteiger partial charge on any atom is -0.319 e. The molecule has 10 aromatic rings. The van der Waals surface area contributed by atoms with Crippen LogP contribution in [0.15, 0.2) is 140 Å². The number of nitrogens with zero attached hydrogens (tertiary/aromatic N) is 3. The molecule has 8 aromatic carbocycles. The van der Waals surface area contributed by atoms with Gasteiger partial charge in [0.25, 0.3) is 0 Å². The minimum atomic E-state index is -4.65. The largest absolute Gasteiger partial charge is 0.417 e. The lowest BCUT2D eigenvalue weighted by Gasteiger charge is -2.23. The van der Waals surface area contributed by atoms with Gasteiger partial charge in [0.15, 0.2) is 0 Å². The van der Waals surface area contributed by atoms with Crippen LogP contribution in [0.25, 0.3) is 93.2 Å². The number of aromatic nitrogens is 2. The SMILES string of the molecule is [C-]#[N+]c1c(-n2c3ccccc3c3cc(-c4c(C)cc(C)cc4C)ccc32)ccc(-c2c(C)cccc2C(F)(F)F)c1-n1c2ccccc2c2cc(-c3c(C)cc(C)cc3C)ccc21. The first-order valence-electron chi connectivity index (χ1n) is 21.2. The maximum Gasteiger partial charge on any atom is 0.417 e. The van der Waals surface area contributed by atoms with Gasteiger partial charge in [-0.1, -0.05) is 102 Å². The average molecular weight is 828 g/mol. The Bertz CT molecular complexity index is 3540. The topological polar surface area (TPSA) is 14.2 Å². The average Bonchev–Trinajstić information content (AvgIpc) is 3.74. The van der Waals surface area contributed by atoms with E-state index in [-0.39, 0.29) is 11.3 Å². The summed E-state index contributed by atoms with van der Waals surface area (Å²) >= 11 is 0. The first-order valence-corrected chi connectivity index (χ1v) is 21.2. The van der Waals surface area contributed by atoms with E-state index < -0.39 is 11.7 Å². The fourth-order valence-corrected chi connectivity index (χ4v) is 10.6. The number of para-hydroxylation sites is 2. The second-order valence-electron chi connectivity index (χ2n) is 17.2. The molecule has 0 atom stereocenters. The Morgan fingerprint density at radius 1 is 0.444 bits per heavy atom. The van der Waals surface area contributed by atoms with Gasteiger partial charge in [0.2, 0.25) is 5.69 Å². The van der Waals surface area contributed by atoms with Gasteiger partial charge in [-0.05, 0) is 158 Å². The van der Waals surface area contributed by atoms with Crippen molar-refractivity contribution < 1.29 is 13.2 Å². The van der Waals surface area contributed by atoms with Gasteiger partial charge < -0.3 is 9.13 Å². The van der Waals surface area contributed by atoms with Crippen molar-refractivity contribution in [3.63, 3.8) is 0 Å². The Morgan fingerprint density at radius 2 is 0.921 bits per heavy atom. The molecule has 0 aliphatic carbocycles. The number of hydrogen-bond acceptors (Lipinski definition) is 0. The summed E-state index contributed by atoms with van der Waals surface area (Å²) in [5.74, 6) is 0. The van der Waals surface area contributed by atoms with E-state index in [0.29, 0.717) is 22.5 Å². The molecule has 63 heavy (non-hydrogen) atoms. The Balaban J connectivity index is 1.33. The number of alkyl halides is 3. The molecule has 0 radical (unpaired) electrons. The van der Waals surface area contributed by atoms with Crippen LogP contribution in [0.5, 0.6) is 0 Å². The molecule has 0 bridgehead atoms. The van der Waals surface area contributed by atoms with Crippen molar-refractivity contribution >= 4 is 49.3 Å². The third-order valence-electron chi connectivity index (χ3n) is 12.8. The first-order chi connectivity index (χ1) is 30.2. The van der Waals surface area contributed by atoms with Gasteiger partial charge in [-0.25, -0.2) is 4.85 Å². The summed E-state index contributed by atoms with van der Waals surface area (Å²) in [6.07, 6.45) is -4.65. The van der Waals surface area contributed by atoms with E-state index in [1.807, 2.05) is 41.0 Å². The van der Waals surface area contributed by atoms with Crippen LogP contribution < -0.4 is 0 Å². The lowest BCUT2D eigenvalue weighted by Crippen LogP contribution is -2.10. The zero-order chi connectivity index (χ0) is 44.1. The normalized spacial score (nSPS) is 12.0. The van der Waals surface area contributed by atoms with Crippen LogP contribution >= 0.6 is 0 Å². The Labute approximate surface area is 365 Å². The van der Waals surface area contributed by atoms with Crippen molar-refractivity contribution in [1.82, 2.24) is 9.13 Å². The summed E-state index contributed by atoms with van der Waals surface area (Å²) in [6, 6.07) is 45.7. The maximum absolute atomic E-state index is 15.2. The van der Waals surface area contributed by atoms with Crippen molar-refractivity contribution in [2.24, 2.45) is 0 Å². The quantitative estimate of drug-likeness (QED) is 0.154. The molecule has 0 aliphatic heterocycles. The number of aryl methyl sites for hydroxylation is 7.